The van der Waals surface area contributed by atoms with Crippen LogP contribution in [-0.4, -0.2) is 46.6 Å². The van der Waals surface area contributed by atoms with Crippen LogP contribution in [0, 0.1) is 12.7 Å². The molecule has 0 bridgehead atoms. The first-order valence-electron chi connectivity index (χ1n) is 10.7. The van der Waals surface area contributed by atoms with Crippen LogP contribution in [0.2, 0.25) is 5.02 Å². The van der Waals surface area contributed by atoms with Gasteiger partial charge in [0.05, 0.1) is 10.6 Å². The van der Waals surface area contributed by atoms with Crippen molar-refractivity contribution in [1.82, 2.24) is 20.0 Å². The van der Waals surface area contributed by atoms with Crippen LogP contribution in [0.3, 0.4) is 0 Å². The highest BCUT2D eigenvalue weighted by Gasteiger charge is 2.49. The van der Waals surface area contributed by atoms with E-state index in [0.29, 0.717) is 34.7 Å². The quantitative estimate of drug-likeness (QED) is 0.553. The van der Waals surface area contributed by atoms with Crippen molar-refractivity contribution in [3.05, 3.63) is 52.0 Å². The number of nitrogens with zero attached hydrogens (tertiary/aromatic N) is 4. The molecule has 0 radical (unpaired) electrons. The Bertz CT molecular complexity index is 1280. The van der Waals surface area contributed by atoms with Gasteiger partial charge in [-0.3, -0.25) is 4.79 Å². The molecule has 3 heterocycles. The lowest BCUT2D eigenvalue weighted by atomic mass is 9.79. The summed E-state index contributed by atoms with van der Waals surface area (Å²) in [6.45, 7) is 2.48. The number of carbonyl (C=O) groups is 1. The van der Waals surface area contributed by atoms with Gasteiger partial charge in [0, 0.05) is 60.5 Å². The molecular formula is C23H24ClFN6O2. The van der Waals surface area contributed by atoms with Crippen LogP contribution in [0.1, 0.15) is 52.8 Å². The molecule has 1 amide bonds. The lowest BCUT2D eigenvalue weighted by Gasteiger charge is -2.25. The SMILES string of the molecule is Cc1noc([C@@H]2CC[C@]3(CNc4ncc(-c5ccc(N)c(C(=O)N(C)C)c5F)c(Cl)c43)C2)n1. The van der Waals surface area contributed by atoms with Crippen molar-refractivity contribution in [1.29, 1.82) is 0 Å². The molecular weight excluding hydrogens is 447 g/mol. The van der Waals surface area contributed by atoms with Gasteiger partial charge in [0.25, 0.3) is 5.91 Å². The van der Waals surface area contributed by atoms with Gasteiger partial charge in [0.1, 0.15) is 11.6 Å². The summed E-state index contributed by atoms with van der Waals surface area (Å²) in [6.07, 6.45) is 4.05. The van der Waals surface area contributed by atoms with Crippen molar-refractivity contribution >= 4 is 29.0 Å². The summed E-state index contributed by atoms with van der Waals surface area (Å²) in [6, 6.07) is 3.07. The zero-order valence-electron chi connectivity index (χ0n) is 18.6. The fraction of sp³-hybridized carbons (Fsp3) is 0.391. The van der Waals surface area contributed by atoms with Crippen molar-refractivity contribution < 1.29 is 13.7 Å². The summed E-state index contributed by atoms with van der Waals surface area (Å²) in [5.41, 5.74) is 7.07. The Balaban J connectivity index is 1.58. The second-order valence-electron chi connectivity index (χ2n) is 9.05. The van der Waals surface area contributed by atoms with E-state index in [9.17, 15) is 4.79 Å². The van der Waals surface area contributed by atoms with Gasteiger partial charge >= 0.3 is 0 Å². The Hall–Kier alpha value is -3.20. The molecule has 1 aliphatic heterocycles. The number of aromatic nitrogens is 3. The number of halogens is 2. The molecule has 1 aromatic carbocycles. The number of nitrogens with two attached hydrogens (primary N) is 1. The lowest BCUT2D eigenvalue weighted by molar-refractivity contribution is 0.0824. The summed E-state index contributed by atoms with van der Waals surface area (Å²) < 4.78 is 21.0. The molecule has 33 heavy (non-hydrogen) atoms. The largest absolute Gasteiger partial charge is 0.398 e. The van der Waals surface area contributed by atoms with E-state index < -0.39 is 11.7 Å². The number of hydrogen-bond donors (Lipinski definition) is 2. The number of benzene rings is 1. The first-order chi connectivity index (χ1) is 15.7. The number of aryl methyl sites for hydroxylation is 1. The second-order valence-corrected chi connectivity index (χ2v) is 9.43. The first-order valence-corrected chi connectivity index (χ1v) is 11.1. The van der Waals surface area contributed by atoms with Crippen molar-refractivity contribution in [2.75, 3.05) is 31.7 Å². The number of pyridine rings is 1. The van der Waals surface area contributed by atoms with Gasteiger partial charge < -0.3 is 20.5 Å². The number of rotatable bonds is 3. The van der Waals surface area contributed by atoms with E-state index in [0.717, 1.165) is 24.8 Å². The van der Waals surface area contributed by atoms with E-state index in [-0.39, 0.29) is 28.1 Å². The highest BCUT2D eigenvalue weighted by Crippen LogP contribution is 2.55. The van der Waals surface area contributed by atoms with Crippen LogP contribution in [0.15, 0.2) is 22.9 Å². The lowest BCUT2D eigenvalue weighted by Crippen LogP contribution is -2.25. The average molecular weight is 471 g/mol. The van der Waals surface area contributed by atoms with Crippen LogP contribution < -0.4 is 11.1 Å². The number of nitrogens with one attached hydrogen (secondary N) is 1. The Morgan fingerprint density at radius 1 is 1.36 bits per heavy atom. The monoisotopic (exact) mass is 470 g/mol. The standard InChI is InChI=1S/C23H24ClFN6O2/c1-11-29-21(33-30-11)12-6-7-23(8-12)10-28-20-17(23)18(24)14(9-27-20)13-4-5-15(26)16(19(13)25)22(32)31(2)3/h4-5,9,12H,6-8,10,26H2,1-3H3,(H,27,28)/t12-,23-/m1/s1. The molecule has 2 aliphatic rings. The van der Waals surface area contributed by atoms with E-state index in [1.165, 1.54) is 11.0 Å². The summed E-state index contributed by atoms with van der Waals surface area (Å²) in [5.74, 6) is 0.851. The van der Waals surface area contributed by atoms with Crippen LogP contribution in [0.4, 0.5) is 15.9 Å². The summed E-state index contributed by atoms with van der Waals surface area (Å²) in [7, 11) is 3.10. The third-order valence-corrected chi connectivity index (χ3v) is 7.12. The molecule has 1 saturated carbocycles. The normalized spacial score (nSPS) is 21.3. The highest BCUT2D eigenvalue weighted by molar-refractivity contribution is 6.34. The molecule has 0 unspecified atom stereocenters. The maximum Gasteiger partial charge on any atom is 0.258 e. The second kappa shape index (κ2) is 7.69. The molecule has 1 fully saturated rings. The number of carbonyl (C=O) groups excluding carboxylic acids is 1. The van der Waals surface area contributed by atoms with Crippen molar-refractivity contribution in [2.24, 2.45) is 0 Å². The summed E-state index contributed by atoms with van der Waals surface area (Å²) in [4.78, 5) is 22.8. The molecule has 5 rings (SSSR count). The van der Waals surface area contributed by atoms with Crippen LogP contribution in [0.5, 0.6) is 0 Å². The maximum absolute atomic E-state index is 15.6. The third-order valence-electron chi connectivity index (χ3n) is 6.73. The number of anilines is 2. The van der Waals surface area contributed by atoms with Gasteiger partial charge in [-0.2, -0.15) is 4.98 Å². The highest BCUT2D eigenvalue weighted by atomic mass is 35.5. The molecule has 10 heteroatoms. The van der Waals surface area contributed by atoms with E-state index in [1.807, 2.05) is 0 Å². The Labute approximate surface area is 195 Å². The third kappa shape index (κ3) is 3.33. The maximum atomic E-state index is 15.6. The molecule has 3 N–H and O–H groups in total. The van der Waals surface area contributed by atoms with Gasteiger partial charge in [0.2, 0.25) is 5.89 Å². The van der Waals surface area contributed by atoms with Crippen molar-refractivity contribution in [3.8, 4) is 11.1 Å². The topological polar surface area (TPSA) is 110 Å². The van der Waals surface area contributed by atoms with Gasteiger partial charge in [-0.1, -0.05) is 16.8 Å². The predicted octanol–water partition coefficient (Wildman–Crippen LogP) is 4.15. The fourth-order valence-electron chi connectivity index (χ4n) is 5.08. The van der Waals surface area contributed by atoms with Crippen molar-refractivity contribution in [3.63, 3.8) is 0 Å². The number of fused-ring (bicyclic) bond motifs is 2. The number of hydrogen-bond acceptors (Lipinski definition) is 7. The van der Waals surface area contributed by atoms with Gasteiger partial charge in [-0.25, -0.2) is 9.37 Å². The molecule has 172 valence electrons. The van der Waals surface area contributed by atoms with Gasteiger partial charge in [-0.05, 0) is 38.3 Å². The molecule has 2 aromatic heterocycles. The number of nitrogen functional groups attached to an aromatic ring is 1. The van der Waals surface area contributed by atoms with E-state index in [4.69, 9.17) is 21.9 Å². The molecule has 1 aliphatic carbocycles. The Kier molecular flexibility index (Phi) is 5.04. The zero-order valence-corrected chi connectivity index (χ0v) is 19.3. The Morgan fingerprint density at radius 2 is 2.15 bits per heavy atom. The minimum atomic E-state index is -0.706. The van der Waals surface area contributed by atoms with Crippen LogP contribution in [-0.2, 0) is 5.41 Å². The van der Waals surface area contributed by atoms with Gasteiger partial charge in [0.15, 0.2) is 5.82 Å². The zero-order chi connectivity index (χ0) is 23.5. The molecule has 0 saturated heterocycles. The minimum absolute atomic E-state index is 0.0758. The summed E-state index contributed by atoms with van der Waals surface area (Å²) in [5, 5.41) is 7.71. The average Bonchev–Trinajstić information content (AvgIpc) is 3.49. The molecule has 8 nitrogen and oxygen atoms in total. The van der Waals surface area contributed by atoms with Crippen LogP contribution in [0.25, 0.3) is 11.1 Å². The van der Waals surface area contributed by atoms with E-state index >= 15 is 4.39 Å². The smallest absolute Gasteiger partial charge is 0.258 e. The molecule has 3 aromatic rings. The fourth-order valence-corrected chi connectivity index (χ4v) is 5.52. The number of amides is 1. The first kappa shape index (κ1) is 21.6. The molecule has 2 atom stereocenters. The van der Waals surface area contributed by atoms with E-state index in [1.54, 1.807) is 33.3 Å². The minimum Gasteiger partial charge on any atom is -0.398 e. The molecule has 1 spiro atoms. The Morgan fingerprint density at radius 3 is 2.85 bits per heavy atom. The van der Waals surface area contributed by atoms with Crippen LogP contribution >= 0.6 is 11.6 Å². The van der Waals surface area contributed by atoms with E-state index in [2.05, 4.69) is 20.4 Å². The summed E-state index contributed by atoms with van der Waals surface area (Å²) >= 11 is 6.94. The van der Waals surface area contributed by atoms with Gasteiger partial charge in [-0.15, -0.1) is 0 Å². The predicted molar refractivity (Wildman–Crippen MR) is 123 cm³/mol. The van der Waals surface area contributed by atoms with Crippen molar-refractivity contribution in [2.45, 2.75) is 37.5 Å².